The van der Waals surface area contributed by atoms with Crippen molar-refractivity contribution in [3.05, 3.63) is 76.7 Å². The molecule has 0 aliphatic heterocycles. The van der Waals surface area contributed by atoms with Crippen molar-refractivity contribution in [2.24, 2.45) is 5.92 Å². The lowest BCUT2D eigenvalue weighted by Crippen LogP contribution is -2.44. The van der Waals surface area contributed by atoms with Crippen LogP contribution in [0.25, 0.3) is 6.08 Å². The number of esters is 1. The zero-order valence-electron chi connectivity index (χ0n) is 15.4. The van der Waals surface area contributed by atoms with Crippen molar-refractivity contribution in [2.45, 2.75) is 26.5 Å². The van der Waals surface area contributed by atoms with Crippen molar-refractivity contribution in [3.63, 3.8) is 0 Å². The molecule has 2 rings (SSSR count). The average Bonchev–Trinajstić information content (AvgIpc) is 2.66. The van der Waals surface area contributed by atoms with E-state index >= 15 is 0 Å². The highest BCUT2D eigenvalue weighted by molar-refractivity contribution is 7.92. The van der Waals surface area contributed by atoms with Crippen molar-refractivity contribution < 1.29 is 26.7 Å². The number of halogens is 2. The van der Waals surface area contributed by atoms with Crippen molar-refractivity contribution >= 4 is 22.1 Å². The zero-order valence-corrected chi connectivity index (χ0v) is 16.2. The van der Waals surface area contributed by atoms with E-state index in [2.05, 4.69) is 4.72 Å². The van der Waals surface area contributed by atoms with E-state index in [1.54, 1.807) is 44.2 Å². The molecule has 0 bridgehead atoms. The van der Waals surface area contributed by atoms with Gasteiger partial charge in [0.25, 0.3) is 0 Å². The average molecular weight is 409 g/mol. The molecule has 0 heterocycles. The summed E-state index contributed by atoms with van der Waals surface area (Å²) >= 11 is 0. The van der Waals surface area contributed by atoms with Crippen LogP contribution in [0, 0.1) is 17.6 Å². The highest BCUT2D eigenvalue weighted by atomic mass is 32.2. The monoisotopic (exact) mass is 409 g/mol. The first kappa shape index (κ1) is 21.7. The summed E-state index contributed by atoms with van der Waals surface area (Å²) in [6, 6.07) is 11.1. The van der Waals surface area contributed by atoms with Crippen LogP contribution in [0.15, 0.2) is 53.9 Å². The van der Waals surface area contributed by atoms with Crippen LogP contribution < -0.4 is 4.72 Å². The number of carbonyl (C=O) groups is 1. The van der Waals surface area contributed by atoms with Gasteiger partial charge in [-0.1, -0.05) is 56.3 Å². The summed E-state index contributed by atoms with van der Waals surface area (Å²) < 4.78 is 58.7. The highest BCUT2D eigenvalue weighted by Gasteiger charge is 2.28. The number of hydrogen-bond donors (Lipinski definition) is 1. The van der Waals surface area contributed by atoms with E-state index in [4.69, 9.17) is 4.74 Å². The topological polar surface area (TPSA) is 72.5 Å². The molecule has 0 aliphatic carbocycles. The van der Waals surface area contributed by atoms with Gasteiger partial charge in [0.2, 0.25) is 10.0 Å². The molecule has 0 radical (unpaired) electrons. The molecule has 2 aromatic carbocycles. The highest BCUT2D eigenvalue weighted by Crippen LogP contribution is 2.14. The van der Waals surface area contributed by atoms with Gasteiger partial charge in [-0.15, -0.1) is 0 Å². The van der Waals surface area contributed by atoms with Crippen molar-refractivity contribution in [3.8, 4) is 0 Å². The Kier molecular flexibility index (Phi) is 7.42. The van der Waals surface area contributed by atoms with Crippen LogP contribution in [-0.4, -0.2) is 20.4 Å². The Balaban J connectivity index is 2.06. The maximum atomic E-state index is 13.7. The molecule has 8 heteroatoms. The molecular formula is C20H21F2NO4S. The maximum Gasteiger partial charge on any atom is 0.324 e. The van der Waals surface area contributed by atoms with Crippen LogP contribution in [0.3, 0.4) is 0 Å². The lowest BCUT2D eigenvalue weighted by molar-refractivity contribution is -0.148. The lowest BCUT2D eigenvalue weighted by atomic mass is 10.1. The Bertz CT molecular complexity index is 944. The molecule has 150 valence electrons. The van der Waals surface area contributed by atoms with E-state index in [0.29, 0.717) is 5.56 Å². The number of sulfonamides is 1. The molecule has 5 nitrogen and oxygen atoms in total. The van der Waals surface area contributed by atoms with Gasteiger partial charge < -0.3 is 4.74 Å². The van der Waals surface area contributed by atoms with E-state index in [9.17, 15) is 22.0 Å². The molecule has 28 heavy (non-hydrogen) atoms. The Hall–Kier alpha value is -2.58. The first-order valence-corrected chi connectivity index (χ1v) is 10.1. The van der Waals surface area contributed by atoms with Crippen LogP contribution in [-0.2, 0) is 26.2 Å². The van der Waals surface area contributed by atoms with Gasteiger partial charge in [-0.25, -0.2) is 17.2 Å². The third-order valence-corrected chi connectivity index (χ3v) is 4.93. The Morgan fingerprint density at radius 1 is 1.11 bits per heavy atom. The standard InChI is InChI=1S/C20H21F2NO4S/c1-14(2)19(20(24)27-13-16-9-6-10-17(21)18(16)22)23-28(25,26)12-11-15-7-4-3-5-8-15/h3-12,14,19,23H,13H2,1-2H3/b12-11+. The van der Waals surface area contributed by atoms with Gasteiger partial charge in [-0.3, -0.25) is 4.79 Å². The molecule has 0 aromatic heterocycles. The van der Waals surface area contributed by atoms with Crippen LogP contribution in [0.4, 0.5) is 8.78 Å². The largest absolute Gasteiger partial charge is 0.460 e. The predicted octanol–water partition coefficient (Wildman–Crippen LogP) is 3.62. The first-order valence-electron chi connectivity index (χ1n) is 8.54. The quantitative estimate of drug-likeness (QED) is 0.676. The molecule has 1 atom stereocenters. The van der Waals surface area contributed by atoms with E-state index in [1.807, 2.05) is 0 Å². The first-order chi connectivity index (χ1) is 13.2. The number of benzene rings is 2. The van der Waals surface area contributed by atoms with E-state index in [-0.39, 0.29) is 5.56 Å². The molecule has 0 amide bonds. The molecule has 1 N–H and O–H groups in total. The van der Waals surface area contributed by atoms with Crippen LogP contribution in [0.5, 0.6) is 0 Å². The van der Waals surface area contributed by atoms with Crippen molar-refractivity contribution in [1.29, 1.82) is 0 Å². The number of carbonyl (C=O) groups excluding carboxylic acids is 1. The van der Waals surface area contributed by atoms with Crippen LogP contribution in [0.1, 0.15) is 25.0 Å². The van der Waals surface area contributed by atoms with Gasteiger partial charge in [0.15, 0.2) is 11.6 Å². The lowest BCUT2D eigenvalue weighted by Gasteiger charge is -2.20. The van der Waals surface area contributed by atoms with E-state index < -0.39 is 46.2 Å². The van der Waals surface area contributed by atoms with E-state index in [1.165, 1.54) is 18.2 Å². The normalized spacial score (nSPS) is 13.0. The summed E-state index contributed by atoms with van der Waals surface area (Å²) in [7, 11) is -3.93. The van der Waals surface area contributed by atoms with Crippen molar-refractivity contribution in [2.75, 3.05) is 0 Å². The van der Waals surface area contributed by atoms with Crippen LogP contribution >= 0.6 is 0 Å². The number of nitrogens with one attached hydrogen (secondary N) is 1. The minimum absolute atomic E-state index is 0.136. The zero-order chi connectivity index (χ0) is 20.7. The third kappa shape index (κ3) is 6.24. The summed E-state index contributed by atoms with van der Waals surface area (Å²) in [5.74, 6) is -3.47. The summed E-state index contributed by atoms with van der Waals surface area (Å²) in [4.78, 5) is 12.3. The summed E-state index contributed by atoms with van der Waals surface area (Å²) in [5.41, 5.74) is 0.542. The molecule has 2 aromatic rings. The molecule has 0 saturated carbocycles. The summed E-state index contributed by atoms with van der Waals surface area (Å²) in [5, 5.41) is 0.956. The second-order valence-corrected chi connectivity index (χ2v) is 8.02. The summed E-state index contributed by atoms with van der Waals surface area (Å²) in [6.45, 7) is 2.77. The van der Waals surface area contributed by atoms with Gasteiger partial charge in [0, 0.05) is 11.0 Å². The Morgan fingerprint density at radius 2 is 1.79 bits per heavy atom. The second kappa shape index (κ2) is 9.57. The van der Waals surface area contributed by atoms with Gasteiger partial charge in [-0.05, 0) is 23.6 Å². The van der Waals surface area contributed by atoms with Gasteiger partial charge in [-0.2, -0.15) is 4.72 Å². The number of ether oxygens (including phenoxy) is 1. The smallest absolute Gasteiger partial charge is 0.324 e. The summed E-state index contributed by atoms with van der Waals surface area (Å²) in [6.07, 6.45) is 1.40. The fraction of sp³-hybridized carbons (Fsp3) is 0.250. The van der Waals surface area contributed by atoms with Gasteiger partial charge >= 0.3 is 5.97 Å². The SMILES string of the molecule is CC(C)C(NS(=O)(=O)/C=C/c1ccccc1)C(=O)OCc1cccc(F)c1F. The minimum atomic E-state index is -3.93. The Labute approximate surface area is 163 Å². The van der Waals surface area contributed by atoms with Gasteiger partial charge in [0.05, 0.1) is 0 Å². The van der Waals surface area contributed by atoms with E-state index in [0.717, 1.165) is 11.5 Å². The van der Waals surface area contributed by atoms with Crippen molar-refractivity contribution in [1.82, 2.24) is 4.72 Å². The Morgan fingerprint density at radius 3 is 2.43 bits per heavy atom. The third-order valence-electron chi connectivity index (χ3n) is 3.85. The number of hydrogen-bond acceptors (Lipinski definition) is 4. The van der Waals surface area contributed by atoms with Gasteiger partial charge in [0.1, 0.15) is 12.6 Å². The molecule has 1 unspecified atom stereocenters. The molecule has 0 spiro atoms. The van der Waals surface area contributed by atoms with Crippen LogP contribution in [0.2, 0.25) is 0 Å². The predicted molar refractivity (Wildman–Crippen MR) is 102 cm³/mol. The minimum Gasteiger partial charge on any atom is -0.460 e. The second-order valence-electron chi connectivity index (χ2n) is 6.42. The molecule has 0 saturated heterocycles. The molecule has 0 aliphatic rings. The number of rotatable bonds is 8. The fourth-order valence-electron chi connectivity index (χ4n) is 2.30. The maximum absolute atomic E-state index is 13.7. The molecular weight excluding hydrogens is 388 g/mol. The molecule has 0 fully saturated rings. The fourth-order valence-corrected chi connectivity index (χ4v) is 3.44.